The first-order valence-electron chi connectivity index (χ1n) is 10.3. The van der Waals surface area contributed by atoms with Gasteiger partial charge in [0.25, 0.3) is 0 Å². The summed E-state index contributed by atoms with van der Waals surface area (Å²) in [5.74, 6) is 2.19. The van der Waals surface area contributed by atoms with Crippen molar-refractivity contribution in [3.8, 4) is 11.6 Å². The first kappa shape index (κ1) is 18.1. The second-order valence-corrected chi connectivity index (χ2v) is 7.69. The molecule has 1 saturated heterocycles. The van der Waals surface area contributed by atoms with Crippen LogP contribution in [0.25, 0.3) is 0 Å². The number of pyridine rings is 1. The standard InChI is InChI=1S/C23H25N5O/c1-2-7-18(8-3-1)16-27-14-10-20-21(17-27)25-23(28-12-4-5-13-28)26-22(20)29-19-9-6-11-24-15-19/h1-3,6-9,11,15H,4-5,10,12-14,16-17H2. The number of anilines is 1. The van der Waals surface area contributed by atoms with Crippen molar-refractivity contribution < 1.29 is 4.74 Å². The lowest BCUT2D eigenvalue weighted by Crippen LogP contribution is -2.32. The van der Waals surface area contributed by atoms with Gasteiger partial charge in [-0.15, -0.1) is 0 Å². The Hall–Kier alpha value is -2.99. The van der Waals surface area contributed by atoms with E-state index in [1.807, 2.05) is 12.1 Å². The van der Waals surface area contributed by atoms with Crippen LogP contribution in [0.3, 0.4) is 0 Å². The van der Waals surface area contributed by atoms with Crippen molar-refractivity contribution in [1.29, 1.82) is 0 Å². The minimum atomic E-state index is 0.685. The van der Waals surface area contributed by atoms with Gasteiger partial charge in [-0.3, -0.25) is 9.88 Å². The summed E-state index contributed by atoms with van der Waals surface area (Å²) in [5, 5.41) is 0. The molecule has 0 radical (unpaired) electrons. The fourth-order valence-electron chi connectivity index (χ4n) is 4.08. The van der Waals surface area contributed by atoms with Crippen LogP contribution in [0, 0.1) is 0 Å². The molecule has 6 heteroatoms. The highest BCUT2D eigenvalue weighted by atomic mass is 16.5. The first-order valence-corrected chi connectivity index (χ1v) is 10.3. The van der Waals surface area contributed by atoms with Crippen molar-refractivity contribution in [3.63, 3.8) is 0 Å². The number of nitrogens with zero attached hydrogens (tertiary/aromatic N) is 5. The van der Waals surface area contributed by atoms with Crippen LogP contribution in [0.5, 0.6) is 11.6 Å². The molecule has 5 rings (SSSR count). The van der Waals surface area contributed by atoms with E-state index < -0.39 is 0 Å². The average Bonchev–Trinajstić information content (AvgIpc) is 3.30. The van der Waals surface area contributed by atoms with Gasteiger partial charge in [-0.25, -0.2) is 4.98 Å². The van der Waals surface area contributed by atoms with Crippen molar-refractivity contribution in [2.45, 2.75) is 32.4 Å². The summed E-state index contributed by atoms with van der Waals surface area (Å²) in [4.78, 5) is 18.7. The summed E-state index contributed by atoms with van der Waals surface area (Å²) in [7, 11) is 0. The maximum Gasteiger partial charge on any atom is 0.228 e. The molecule has 2 aromatic heterocycles. The monoisotopic (exact) mass is 387 g/mol. The molecule has 0 bridgehead atoms. The van der Waals surface area contributed by atoms with Crippen molar-refractivity contribution in [1.82, 2.24) is 19.9 Å². The van der Waals surface area contributed by atoms with E-state index in [9.17, 15) is 0 Å². The number of hydrogen-bond acceptors (Lipinski definition) is 6. The average molecular weight is 387 g/mol. The van der Waals surface area contributed by atoms with E-state index in [2.05, 4.69) is 45.1 Å². The van der Waals surface area contributed by atoms with Gasteiger partial charge in [-0.2, -0.15) is 4.98 Å². The summed E-state index contributed by atoms with van der Waals surface area (Å²) in [5.41, 5.74) is 3.54. The van der Waals surface area contributed by atoms with Crippen LogP contribution in [0.1, 0.15) is 29.7 Å². The van der Waals surface area contributed by atoms with Gasteiger partial charge in [0.1, 0.15) is 5.75 Å². The van der Waals surface area contributed by atoms with Gasteiger partial charge >= 0.3 is 0 Å². The Morgan fingerprint density at radius 3 is 2.59 bits per heavy atom. The normalized spacial score (nSPS) is 16.6. The van der Waals surface area contributed by atoms with Gasteiger partial charge in [-0.1, -0.05) is 30.3 Å². The van der Waals surface area contributed by atoms with E-state index in [4.69, 9.17) is 14.7 Å². The van der Waals surface area contributed by atoms with E-state index in [-0.39, 0.29) is 0 Å². The van der Waals surface area contributed by atoms with Gasteiger partial charge in [0, 0.05) is 44.5 Å². The van der Waals surface area contributed by atoms with Crippen LogP contribution in [0.2, 0.25) is 0 Å². The smallest absolute Gasteiger partial charge is 0.228 e. The molecule has 2 aliphatic heterocycles. The minimum Gasteiger partial charge on any atom is -0.437 e. The van der Waals surface area contributed by atoms with E-state index >= 15 is 0 Å². The molecule has 6 nitrogen and oxygen atoms in total. The summed E-state index contributed by atoms with van der Waals surface area (Å²) in [6.45, 7) is 4.74. The molecule has 1 aromatic carbocycles. The van der Waals surface area contributed by atoms with E-state index in [1.54, 1.807) is 12.4 Å². The fraction of sp³-hybridized carbons (Fsp3) is 0.348. The molecule has 148 valence electrons. The maximum atomic E-state index is 6.17. The van der Waals surface area contributed by atoms with Gasteiger partial charge in [0.05, 0.1) is 11.9 Å². The molecule has 0 N–H and O–H groups in total. The first-order chi connectivity index (χ1) is 14.3. The number of ether oxygens (including phenoxy) is 1. The molecular formula is C23H25N5O. The van der Waals surface area contributed by atoms with Gasteiger partial charge in [-0.05, 0) is 37.0 Å². The Balaban J connectivity index is 1.45. The number of aromatic nitrogens is 3. The third-order valence-electron chi connectivity index (χ3n) is 5.58. The summed E-state index contributed by atoms with van der Waals surface area (Å²) < 4.78 is 6.17. The summed E-state index contributed by atoms with van der Waals surface area (Å²) in [6, 6.07) is 14.4. The molecule has 0 saturated carbocycles. The second-order valence-electron chi connectivity index (χ2n) is 7.69. The van der Waals surface area contributed by atoms with Crippen LogP contribution in [-0.2, 0) is 19.5 Å². The van der Waals surface area contributed by atoms with Crippen molar-refractivity contribution in [3.05, 3.63) is 71.7 Å². The lowest BCUT2D eigenvalue weighted by atomic mass is 10.1. The van der Waals surface area contributed by atoms with E-state index in [1.165, 1.54) is 18.4 Å². The Labute approximate surface area is 171 Å². The second kappa shape index (κ2) is 8.17. The number of rotatable bonds is 5. The third-order valence-corrected chi connectivity index (χ3v) is 5.58. The van der Waals surface area contributed by atoms with Crippen LogP contribution < -0.4 is 9.64 Å². The molecule has 0 unspecified atom stereocenters. The maximum absolute atomic E-state index is 6.17. The fourth-order valence-corrected chi connectivity index (χ4v) is 4.08. The lowest BCUT2D eigenvalue weighted by molar-refractivity contribution is 0.238. The zero-order chi connectivity index (χ0) is 19.5. The Morgan fingerprint density at radius 1 is 0.931 bits per heavy atom. The third kappa shape index (κ3) is 4.07. The molecule has 0 amide bonds. The van der Waals surface area contributed by atoms with Crippen molar-refractivity contribution in [2.75, 3.05) is 24.5 Å². The molecular weight excluding hydrogens is 362 g/mol. The molecule has 29 heavy (non-hydrogen) atoms. The summed E-state index contributed by atoms with van der Waals surface area (Å²) in [6.07, 6.45) is 6.75. The van der Waals surface area contributed by atoms with Gasteiger partial charge in [0.2, 0.25) is 11.8 Å². The Kier molecular flexibility index (Phi) is 5.09. The predicted molar refractivity (Wildman–Crippen MR) is 112 cm³/mol. The molecule has 0 aliphatic carbocycles. The topological polar surface area (TPSA) is 54.4 Å². The number of hydrogen-bond donors (Lipinski definition) is 0. The van der Waals surface area contributed by atoms with Crippen molar-refractivity contribution in [2.24, 2.45) is 0 Å². The number of benzene rings is 1. The predicted octanol–water partition coefficient (Wildman–Crippen LogP) is 3.82. The van der Waals surface area contributed by atoms with Crippen LogP contribution in [0.4, 0.5) is 5.95 Å². The van der Waals surface area contributed by atoms with E-state index in [0.717, 1.165) is 56.4 Å². The summed E-state index contributed by atoms with van der Waals surface area (Å²) >= 11 is 0. The highest BCUT2D eigenvalue weighted by Crippen LogP contribution is 2.32. The molecule has 2 aliphatic rings. The number of fused-ring (bicyclic) bond motifs is 1. The van der Waals surface area contributed by atoms with Crippen LogP contribution in [0.15, 0.2) is 54.9 Å². The minimum absolute atomic E-state index is 0.685. The van der Waals surface area contributed by atoms with Crippen LogP contribution >= 0.6 is 0 Å². The lowest BCUT2D eigenvalue weighted by Gasteiger charge is -2.30. The quantitative estimate of drug-likeness (QED) is 0.663. The SMILES string of the molecule is c1ccc(CN2CCc3c(nc(N4CCCC4)nc3Oc3cccnc3)C2)cc1. The van der Waals surface area contributed by atoms with Crippen LogP contribution in [-0.4, -0.2) is 39.5 Å². The largest absolute Gasteiger partial charge is 0.437 e. The molecule has 3 aromatic rings. The van der Waals surface area contributed by atoms with Gasteiger partial charge in [0.15, 0.2) is 0 Å². The highest BCUT2D eigenvalue weighted by molar-refractivity contribution is 5.43. The zero-order valence-corrected chi connectivity index (χ0v) is 16.5. The molecule has 1 fully saturated rings. The van der Waals surface area contributed by atoms with Gasteiger partial charge < -0.3 is 9.64 Å². The van der Waals surface area contributed by atoms with E-state index in [0.29, 0.717) is 11.6 Å². The molecule has 0 atom stereocenters. The Bertz CT molecular complexity index is 958. The Morgan fingerprint density at radius 2 is 1.79 bits per heavy atom. The molecule has 0 spiro atoms. The zero-order valence-electron chi connectivity index (χ0n) is 16.5. The molecule has 4 heterocycles. The van der Waals surface area contributed by atoms with Crippen molar-refractivity contribution >= 4 is 5.95 Å². The highest BCUT2D eigenvalue weighted by Gasteiger charge is 2.26.